The van der Waals surface area contributed by atoms with E-state index in [4.69, 9.17) is 0 Å². The van der Waals surface area contributed by atoms with Crippen LogP contribution in [-0.2, 0) is 9.53 Å². The van der Waals surface area contributed by atoms with E-state index in [9.17, 15) is 27.2 Å². The Morgan fingerprint density at radius 3 is 2.50 bits per heavy atom. The first-order valence-corrected chi connectivity index (χ1v) is 7.54. The van der Waals surface area contributed by atoms with E-state index in [1.165, 1.54) is 6.07 Å². The summed E-state index contributed by atoms with van der Waals surface area (Å²) in [7, 11) is 1.07. The lowest BCUT2D eigenvalue weighted by atomic mass is 10.1. The van der Waals surface area contributed by atoms with Crippen molar-refractivity contribution < 1.29 is 31.9 Å². The zero-order valence-electron chi connectivity index (χ0n) is 14.0. The first-order valence-electron chi connectivity index (χ1n) is 7.54. The summed E-state index contributed by atoms with van der Waals surface area (Å²) in [5, 5.41) is 7.68. The molecule has 1 amide bonds. The summed E-state index contributed by atoms with van der Waals surface area (Å²) >= 11 is 0. The van der Waals surface area contributed by atoms with Crippen molar-refractivity contribution in [3.8, 4) is 0 Å². The first-order chi connectivity index (χ1) is 12.2. The van der Waals surface area contributed by atoms with Crippen LogP contribution in [0.25, 0.3) is 0 Å². The SMILES string of the molecule is C=CC(=O)Nc1cc(NCCNCCC(F)(F)F)cc(F)c1C(=O)OC. The molecule has 0 bridgehead atoms. The molecule has 0 aliphatic rings. The van der Waals surface area contributed by atoms with Crippen LogP contribution in [0, 0.1) is 5.82 Å². The van der Waals surface area contributed by atoms with Crippen LogP contribution >= 0.6 is 0 Å². The number of methoxy groups -OCH3 is 1. The second-order valence-electron chi connectivity index (χ2n) is 5.11. The molecule has 10 heteroatoms. The summed E-state index contributed by atoms with van der Waals surface area (Å²) in [5.74, 6) is -2.55. The second-order valence-corrected chi connectivity index (χ2v) is 5.11. The van der Waals surface area contributed by atoms with Crippen LogP contribution in [0.3, 0.4) is 0 Å². The van der Waals surface area contributed by atoms with E-state index in [0.717, 1.165) is 19.3 Å². The molecule has 26 heavy (non-hydrogen) atoms. The van der Waals surface area contributed by atoms with Crippen LogP contribution in [0.4, 0.5) is 28.9 Å². The molecule has 0 aromatic heterocycles. The largest absolute Gasteiger partial charge is 0.465 e. The lowest BCUT2D eigenvalue weighted by molar-refractivity contribution is -0.133. The predicted molar refractivity (Wildman–Crippen MR) is 88.6 cm³/mol. The van der Waals surface area contributed by atoms with Gasteiger partial charge in [-0.3, -0.25) is 4.79 Å². The highest BCUT2D eigenvalue weighted by Crippen LogP contribution is 2.25. The molecule has 0 atom stereocenters. The standard InChI is InChI=1S/C16H19F4N3O3/c1-3-13(24)23-12-9-10(8-11(17)14(12)15(25)26-2)22-7-6-21-5-4-16(18,19)20/h3,8-9,21-22H,1,4-7H2,2H3,(H,23,24). The molecular formula is C16H19F4N3O3. The fraction of sp³-hybridized carbons (Fsp3) is 0.375. The van der Waals surface area contributed by atoms with E-state index in [0.29, 0.717) is 0 Å². The fourth-order valence-electron chi connectivity index (χ4n) is 1.95. The average Bonchev–Trinajstić information content (AvgIpc) is 2.56. The van der Waals surface area contributed by atoms with Crippen LogP contribution in [0.2, 0.25) is 0 Å². The van der Waals surface area contributed by atoms with Gasteiger partial charge in [0.1, 0.15) is 11.4 Å². The molecule has 0 aliphatic carbocycles. The van der Waals surface area contributed by atoms with E-state index in [-0.39, 0.29) is 31.0 Å². The third-order valence-electron chi connectivity index (χ3n) is 3.14. The quantitative estimate of drug-likeness (QED) is 0.267. The Morgan fingerprint density at radius 2 is 1.92 bits per heavy atom. The molecule has 6 nitrogen and oxygen atoms in total. The van der Waals surface area contributed by atoms with Gasteiger partial charge in [-0.2, -0.15) is 13.2 Å². The number of benzene rings is 1. The van der Waals surface area contributed by atoms with Gasteiger partial charge in [-0.15, -0.1) is 0 Å². The van der Waals surface area contributed by atoms with Crippen molar-refractivity contribution in [1.82, 2.24) is 5.32 Å². The van der Waals surface area contributed by atoms with Crippen molar-refractivity contribution in [3.63, 3.8) is 0 Å². The molecule has 1 rings (SSSR count). The highest BCUT2D eigenvalue weighted by Gasteiger charge is 2.25. The summed E-state index contributed by atoms with van der Waals surface area (Å²) in [6.07, 6.45) is -4.23. The van der Waals surface area contributed by atoms with E-state index in [2.05, 4.69) is 27.3 Å². The van der Waals surface area contributed by atoms with Crippen molar-refractivity contribution in [2.24, 2.45) is 0 Å². The monoisotopic (exact) mass is 377 g/mol. The van der Waals surface area contributed by atoms with Gasteiger partial charge in [0.25, 0.3) is 0 Å². The molecular weight excluding hydrogens is 358 g/mol. The minimum Gasteiger partial charge on any atom is -0.465 e. The number of amides is 1. The topological polar surface area (TPSA) is 79.5 Å². The molecule has 0 saturated heterocycles. The Bertz CT molecular complexity index is 663. The Balaban J connectivity index is 2.75. The molecule has 1 aromatic carbocycles. The fourth-order valence-corrected chi connectivity index (χ4v) is 1.95. The molecule has 0 unspecified atom stereocenters. The van der Waals surface area contributed by atoms with Crippen LogP contribution in [-0.4, -0.2) is 44.8 Å². The number of alkyl halides is 3. The summed E-state index contributed by atoms with van der Waals surface area (Å²) in [4.78, 5) is 23.1. The number of anilines is 2. The Hall–Kier alpha value is -2.62. The smallest absolute Gasteiger partial charge is 0.390 e. The van der Waals surface area contributed by atoms with Crippen molar-refractivity contribution in [3.05, 3.63) is 36.2 Å². The molecule has 0 heterocycles. The number of esters is 1. The molecule has 0 spiro atoms. The number of carbonyl (C=O) groups is 2. The summed E-state index contributed by atoms with van der Waals surface area (Å²) < 4.78 is 54.7. The van der Waals surface area contributed by atoms with Gasteiger partial charge in [0.05, 0.1) is 19.2 Å². The van der Waals surface area contributed by atoms with E-state index in [1.807, 2.05) is 0 Å². The molecule has 0 saturated carbocycles. The molecule has 0 fully saturated rings. The van der Waals surface area contributed by atoms with Crippen molar-refractivity contribution in [2.75, 3.05) is 37.4 Å². The maximum atomic E-state index is 14.2. The van der Waals surface area contributed by atoms with Crippen LogP contribution < -0.4 is 16.0 Å². The van der Waals surface area contributed by atoms with Gasteiger partial charge >= 0.3 is 12.1 Å². The van der Waals surface area contributed by atoms with Crippen molar-refractivity contribution in [2.45, 2.75) is 12.6 Å². The molecule has 0 aliphatic heterocycles. The van der Waals surface area contributed by atoms with Gasteiger partial charge in [0.15, 0.2) is 0 Å². The molecule has 3 N–H and O–H groups in total. The number of ether oxygens (including phenoxy) is 1. The minimum absolute atomic E-state index is 0.116. The van der Waals surface area contributed by atoms with E-state index < -0.39 is 35.9 Å². The van der Waals surface area contributed by atoms with Gasteiger partial charge in [0.2, 0.25) is 5.91 Å². The Morgan fingerprint density at radius 1 is 1.23 bits per heavy atom. The number of rotatable bonds is 9. The third kappa shape index (κ3) is 7.09. The molecule has 144 valence electrons. The molecule has 0 radical (unpaired) electrons. The number of halogens is 4. The average molecular weight is 377 g/mol. The van der Waals surface area contributed by atoms with Gasteiger partial charge in [-0.05, 0) is 18.2 Å². The van der Waals surface area contributed by atoms with Gasteiger partial charge < -0.3 is 20.7 Å². The van der Waals surface area contributed by atoms with Gasteiger partial charge in [0, 0.05) is 25.3 Å². The lowest BCUT2D eigenvalue weighted by Gasteiger charge is -2.14. The number of hydrogen-bond acceptors (Lipinski definition) is 5. The lowest BCUT2D eigenvalue weighted by Crippen LogP contribution is -2.26. The second kappa shape index (κ2) is 9.76. The zero-order valence-corrected chi connectivity index (χ0v) is 14.0. The Kier molecular flexibility index (Phi) is 8.04. The Labute approximate surface area is 147 Å². The predicted octanol–water partition coefficient (Wildman–Crippen LogP) is 2.69. The number of hydrogen-bond donors (Lipinski definition) is 3. The number of carbonyl (C=O) groups excluding carboxylic acids is 2. The van der Waals surface area contributed by atoms with Crippen molar-refractivity contribution >= 4 is 23.3 Å². The highest BCUT2D eigenvalue weighted by atomic mass is 19.4. The zero-order chi connectivity index (χ0) is 19.7. The normalized spacial score (nSPS) is 11.0. The van der Waals surface area contributed by atoms with Gasteiger partial charge in [-0.1, -0.05) is 6.58 Å². The maximum absolute atomic E-state index is 14.2. The van der Waals surface area contributed by atoms with E-state index in [1.54, 1.807) is 0 Å². The summed E-state index contributed by atoms with van der Waals surface area (Å²) in [5.41, 5.74) is -0.335. The number of nitrogens with one attached hydrogen (secondary N) is 3. The first kappa shape index (κ1) is 21.4. The van der Waals surface area contributed by atoms with Crippen molar-refractivity contribution in [1.29, 1.82) is 0 Å². The van der Waals surface area contributed by atoms with Gasteiger partial charge in [-0.25, -0.2) is 9.18 Å². The maximum Gasteiger partial charge on any atom is 0.390 e. The van der Waals surface area contributed by atoms with Crippen LogP contribution in [0.5, 0.6) is 0 Å². The summed E-state index contributed by atoms with van der Waals surface area (Å²) in [6.45, 7) is 3.43. The summed E-state index contributed by atoms with van der Waals surface area (Å²) in [6, 6.07) is 2.33. The van der Waals surface area contributed by atoms with Crippen LogP contribution in [0.1, 0.15) is 16.8 Å². The minimum atomic E-state index is -4.23. The highest BCUT2D eigenvalue weighted by molar-refractivity contribution is 6.05. The molecule has 1 aromatic rings. The third-order valence-corrected chi connectivity index (χ3v) is 3.14. The van der Waals surface area contributed by atoms with Crippen LogP contribution in [0.15, 0.2) is 24.8 Å². The van der Waals surface area contributed by atoms with E-state index >= 15 is 0 Å².